The number of ether oxygens (including phenoxy) is 3. The van der Waals surface area contributed by atoms with Gasteiger partial charge in [-0.1, -0.05) is 32.6 Å². The summed E-state index contributed by atoms with van der Waals surface area (Å²) in [5, 5.41) is 25.0. The molecule has 0 saturated heterocycles. The quantitative estimate of drug-likeness (QED) is 0.125. The standard InChI is InChI=1S/C12H18O4.C8H14O3.C6H14O2/c1-8(2)11(13)15-7-6-10(5)16-12(14)9(3)4;1-7(2)8(10)11-6-4-3-5-9;7-5-3-1-2-4-6-8/h10H,1,3,6-7H2,2,4-5H3;9H,1,3-6H2,2H3;7-8H,1-6H2. The van der Waals surface area contributed by atoms with E-state index in [4.69, 9.17) is 29.5 Å². The van der Waals surface area contributed by atoms with Gasteiger partial charge in [-0.05, 0) is 53.4 Å². The Hall–Kier alpha value is -2.49. The topological polar surface area (TPSA) is 140 Å². The van der Waals surface area contributed by atoms with Crippen LogP contribution < -0.4 is 0 Å². The van der Waals surface area contributed by atoms with Gasteiger partial charge in [0.15, 0.2) is 0 Å². The Morgan fingerprint density at radius 3 is 1.37 bits per heavy atom. The second-order valence-corrected chi connectivity index (χ2v) is 7.91. The first-order valence-corrected chi connectivity index (χ1v) is 11.8. The van der Waals surface area contributed by atoms with Gasteiger partial charge in [-0.3, -0.25) is 0 Å². The predicted octanol–water partition coefficient (Wildman–Crippen LogP) is 3.41. The molecular formula is C26H46O9. The van der Waals surface area contributed by atoms with Crippen LogP contribution in [0.25, 0.3) is 0 Å². The maximum absolute atomic E-state index is 11.1. The van der Waals surface area contributed by atoms with E-state index in [2.05, 4.69) is 19.7 Å². The van der Waals surface area contributed by atoms with E-state index in [0.717, 1.165) is 25.7 Å². The zero-order valence-electron chi connectivity index (χ0n) is 22.0. The molecule has 9 nitrogen and oxygen atoms in total. The maximum Gasteiger partial charge on any atom is 0.333 e. The minimum Gasteiger partial charge on any atom is -0.462 e. The average molecular weight is 503 g/mol. The van der Waals surface area contributed by atoms with Gasteiger partial charge in [0.25, 0.3) is 0 Å². The Bertz CT molecular complexity index is 620. The van der Waals surface area contributed by atoms with Crippen LogP contribution in [0.15, 0.2) is 36.5 Å². The fourth-order valence-corrected chi connectivity index (χ4v) is 1.86. The van der Waals surface area contributed by atoms with E-state index in [1.807, 2.05) is 0 Å². The van der Waals surface area contributed by atoms with Crippen molar-refractivity contribution in [2.45, 2.75) is 78.7 Å². The molecule has 0 aliphatic rings. The first-order valence-electron chi connectivity index (χ1n) is 11.8. The normalized spacial score (nSPS) is 10.4. The van der Waals surface area contributed by atoms with Gasteiger partial charge < -0.3 is 29.5 Å². The Labute approximate surface area is 210 Å². The number of unbranched alkanes of at least 4 members (excludes halogenated alkanes) is 4. The molecule has 204 valence electrons. The van der Waals surface area contributed by atoms with Crippen LogP contribution >= 0.6 is 0 Å². The monoisotopic (exact) mass is 502 g/mol. The third kappa shape index (κ3) is 29.5. The van der Waals surface area contributed by atoms with Crippen molar-refractivity contribution >= 4 is 17.9 Å². The number of hydrogen-bond acceptors (Lipinski definition) is 9. The van der Waals surface area contributed by atoms with Crippen molar-refractivity contribution in [3.05, 3.63) is 36.5 Å². The number of carbonyl (C=O) groups is 3. The Morgan fingerprint density at radius 2 is 1.00 bits per heavy atom. The lowest BCUT2D eigenvalue weighted by Crippen LogP contribution is -2.18. The Kier molecular flexibility index (Phi) is 27.7. The highest BCUT2D eigenvalue weighted by atomic mass is 16.6. The van der Waals surface area contributed by atoms with E-state index in [1.165, 1.54) is 0 Å². The summed E-state index contributed by atoms with van der Waals surface area (Å²) in [6.07, 6.45) is 5.35. The molecule has 9 heteroatoms. The molecule has 0 bridgehead atoms. The third-order valence-corrected chi connectivity index (χ3v) is 3.96. The van der Waals surface area contributed by atoms with Gasteiger partial charge in [0.2, 0.25) is 0 Å². The lowest BCUT2D eigenvalue weighted by atomic mass is 10.2. The van der Waals surface area contributed by atoms with E-state index in [9.17, 15) is 14.4 Å². The van der Waals surface area contributed by atoms with Crippen LogP contribution in [-0.4, -0.2) is 72.4 Å². The first-order chi connectivity index (χ1) is 16.4. The average Bonchev–Trinajstić information content (AvgIpc) is 2.80. The molecule has 0 fully saturated rings. The smallest absolute Gasteiger partial charge is 0.333 e. The SMILES string of the molecule is C=C(C)C(=O)OCCC(C)OC(=O)C(=C)C.C=C(C)C(=O)OCCCCO.OCCCCCCO. The van der Waals surface area contributed by atoms with E-state index in [-0.39, 0.29) is 38.5 Å². The number of aliphatic hydroxyl groups is 3. The lowest BCUT2D eigenvalue weighted by molar-refractivity contribution is -0.145. The molecule has 0 aromatic carbocycles. The molecule has 0 aromatic rings. The van der Waals surface area contributed by atoms with Crippen LogP contribution in [0.1, 0.15) is 72.6 Å². The summed E-state index contributed by atoms with van der Waals surface area (Å²) in [6.45, 7) is 18.1. The fourth-order valence-electron chi connectivity index (χ4n) is 1.86. The molecule has 0 heterocycles. The molecule has 0 spiro atoms. The van der Waals surface area contributed by atoms with Crippen LogP contribution in [0, 0.1) is 0 Å². The van der Waals surface area contributed by atoms with Crippen LogP contribution in [0.2, 0.25) is 0 Å². The molecule has 1 atom stereocenters. The molecule has 0 aliphatic heterocycles. The summed E-state index contributed by atoms with van der Waals surface area (Å²) in [5.74, 6) is -1.22. The summed E-state index contributed by atoms with van der Waals surface area (Å²) in [6, 6.07) is 0. The highest BCUT2D eigenvalue weighted by Gasteiger charge is 2.11. The van der Waals surface area contributed by atoms with Gasteiger partial charge in [0.05, 0.1) is 13.2 Å². The number of hydrogen-bond donors (Lipinski definition) is 3. The molecule has 0 rings (SSSR count). The summed E-state index contributed by atoms with van der Waals surface area (Å²) in [7, 11) is 0. The highest BCUT2D eigenvalue weighted by Crippen LogP contribution is 2.03. The van der Waals surface area contributed by atoms with Gasteiger partial charge in [-0.25, -0.2) is 14.4 Å². The minimum atomic E-state index is -0.432. The van der Waals surface area contributed by atoms with E-state index < -0.39 is 11.9 Å². The van der Waals surface area contributed by atoms with Gasteiger partial charge in [-0.2, -0.15) is 0 Å². The second kappa shape index (κ2) is 26.1. The van der Waals surface area contributed by atoms with Crippen LogP contribution in [-0.2, 0) is 28.6 Å². The van der Waals surface area contributed by atoms with Crippen molar-refractivity contribution in [3.8, 4) is 0 Å². The molecule has 3 N–H and O–H groups in total. The Morgan fingerprint density at radius 1 is 0.629 bits per heavy atom. The van der Waals surface area contributed by atoms with Crippen molar-refractivity contribution < 1.29 is 43.9 Å². The van der Waals surface area contributed by atoms with Crippen molar-refractivity contribution in [3.63, 3.8) is 0 Å². The summed E-state index contributed by atoms with van der Waals surface area (Å²) in [4.78, 5) is 32.8. The molecule has 0 amide bonds. The van der Waals surface area contributed by atoms with Crippen LogP contribution in [0.3, 0.4) is 0 Å². The van der Waals surface area contributed by atoms with Gasteiger partial charge in [0, 0.05) is 43.0 Å². The molecule has 0 saturated carbocycles. The maximum atomic E-state index is 11.1. The number of rotatable bonds is 16. The zero-order valence-corrected chi connectivity index (χ0v) is 22.0. The van der Waals surface area contributed by atoms with E-state index >= 15 is 0 Å². The number of carbonyl (C=O) groups excluding carboxylic acids is 3. The summed E-state index contributed by atoms with van der Waals surface area (Å²) < 4.78 is 14.6. The zero-order chi connectivity index (χ0) is 27.6. The predicted molar refractivity (Wildman–Crippen MR) is 135 cm³/mol. The molecule has 0 aromatic heterocycles. The van der Waals surface area contributed by atoms with Gasteiger partial charge >= 0.3 is 17.9 Å². The first kappa shape index (κ1) is 37.1. The third-order valence-electron chi connectivity index (χ3n) is 3.96. The molecule has 0 aliphatic carbocycles. The van der Waals surface area contributed by atoms with Crippen molar-refractivity contribution in [2.75, 3.05) is 33.0 Å². The Balaban J connectivity index is -0.000000469. The molecule has 0 radical (unpaired) electrons. The van der Waals surface area contributed by atoms with Crippen LogP contribution in [0.4, 0.5) is 0 Å². The molecule has 1 unspecified atom stereocenters. The van der Waals surface area contributed by atoms with Crippen molar-refractivity contribution in [2.24, 2.45) is 0 Å². The molecular weight excluding hydrogens is 456 g/mol. The fraction of sp³-hybridized carbons (Fsp3) is 0.654. The number of esters is 3. The lowest BCUT2D eigenvalue weighted by Gasteiger charge is -2.13. The minimum absolute atomic E-state index is 0.143. The van der Waals surface area contributed by atoms with E-state index in [1.54, 1.807) is 27.7 Å². The largest absolute Gasteiger partial charge is 0.462 e. The second-order valence-electron chi connectivity index (χ2n) is 7.91. The molecule has 35 heavy (non-hydrogen) atoms. The van der Waals surface area contributed by atoms with Crippen molar-refractivity contribution in [1.82, 2.24) is 0 Å². The van der Waals surface area contributed by atoms with Gasteiger partial charge in [-0.15, -0.1) is 0 Å². The van der Waals surface area contributed by atoms with Gasteiger partial charge in [0.1, 0.15) is 6.10 Å². The van der Waals surface area contributed by atoms with E-state index in [0.29, 0.717) is 42.6 Å². The van der Waals surface area contributed by atoms with Crippen LogP contribution in [0.5, 0.6) is 0 Å². The summed E-state index contributed by atoms with van der Waals surface area (Å²) >= 11 is 0. The number of aliphatic hydroxyl groups excluding tert-OH is 3. The summed E-state index contributed by atoms with van der Waals surface area (Å²) in [5.41, 5.74) is 1.12. The van der Waals surface area contributed by atoms with Crippen molar-refractivity contribution in [1.29, 1.82) is 0 Å². The highest BCUT2D eigenvalue weighted by molar-refractivity contribution is 5.87.